The van der Waals surface area contributed by atoms with Crippen molar-refractivity contribution >= 4 is 12.2 Å². The van der Waals surface area contributed by atoms with E-state index in [4.69, 9.17) is 0 Å². The molecule has 1 N–H and O–H groups in total. The van der Waals surface area contributed by atoms with Gasteiger partial charge in [-0.15, -0.1) is 0 Å². The Morgan fingerprint density at radius 1 is 1.21 bits per heavy atom. The topological polar surface area (TPSA) is 59.1 Å². The van der Waals surface area contributed by atoms with Crippen LogP contribution in [-0.4, -0.2) is 23.2 Å². The molecule has 0 fully saturated rings. The van der Waals surface area contributed by atoms with E-state index in [0.717, 1.165) is 11.8 Å². The molecule has 1 aromatic carbocycles. The SMILES string of the molecule is O=CC(Cc1ccccc1)NC(=O)c1cccnc1. The Labute approximate surface area is 111 Å². The molecule has 0 spiro atoms. The molecule has 1 aromatic heterocycles. The summed E-state index contributed by atoms with van der Waals surface area (Å²) in [4.78, 5) is 26.8. The maximum Gasteiger partial charge on any atom is 0.253 e. The second kappa shape index (κ2) is 6.44. The molecule has 1 heterocycles. The van der Waals surface area contributed by atoms with E-state index in [1.165, 1.54) is 6.20 Å². The van der Waals surface area contributed by atoms with Gasteiger partial charge in [-0.2, -0.15) is 0 Å². The van der Waals surface area contributed by atoms with E-state index in [1.807, 2.05) is 30.3 Å². The van der Waals surface area contributed by atoms with Crippen LogP contribution >= 0.6 is 0 Å². The fourth-order valence-corrected chi connectivity index (χ4v) is 1.75. The Bertz CT molecular complexity index is 541. The van der Waals surface area contributed by atoms with Crippen molar-refractivity contribution in [2.45, 2.75) is 12.5 Å². The summed E-state index contributed by atoms with van der Waals surface area (Å²) in [5.41, 5.74) is 1.45. The average molecular weight is 254 g/mol. The van der Waals surface area contributed by atoms with Crippen LogP contribution in [0.15, 0.2) is 54.9 Å². The summed E-state index contributed by atoms with van der Waals surface area (Å²) in [6.07, 6.45) is 4.30. The molecule has 0 aliphatic carbocycles. The number of pyridine rings is 1. The zero-order valence-corrected chi connectivity index (χ0v) is 10.3. The van der Waals surface area contributed by atoms with Crippen LogP contribution in [0.3, 0.4) is 0 Å². The lowest BCUT2D eigenvalue weighted by Gasteiger charge is -2.12. The number of aldehydes is 1. The molecule has 0 saturated heterocycles. The van der Waals surface area contributed by atoms with Gasteiger partial charge in [0.05, 0.1) is 11.6 Å². The first kappa shape index (κ1) is 13.0. The third kappa shape index (κ3) is 3.74. The van der Waals surface area contributed by atoms with Crippen molar-refractivity contribution in [1.29, 1.82) is 0 Å². The molecule has 0 aliphatic heterocycles. The molecule has 0 bridgehead atoms. The number of amides is 1. The minimum absolute atomic E-state index is 0.291. The normalized spacial score (nSPS) is 11.6. The molecule has 4 heteroatoms. The minimum Gasteiger partial charge on any atom is -0.342 e. The van der Waals surface area contributed by atoms with Crippen molar-refractivity contribution in [1.82, 2.24) is 10.3 Å². The highest BCUT2D eigenvalue weighted by Crippen LogP contribution is 2.03. The number of hydrogen-bond acceptors (Lipinski definition) is 3. The highest BCUT2D eigenvalue weighted by atomic mass is 16.2. The van der Waals surface area contributed by atoms with Crippen molar-refractivity contribution in [2.75, 3.05) is 0 Å². The number of nitrogens with zero attached hydrogens (tertiary/aromatic N) is 1. The zero-order chi connectivity index (χ0) is 13.5. The lowest BCUT2D eigenvalue weighted by Crippen LogP contribution is -2.37. The summed E-state index contributed by atoms with van der Waals surface area (Å²) in [5.74, 6) is -0.291. The molecule has 0 saturated carbocycles. The number of carbonyl (C=O) groups excluding carboxylic acids is 2. The summed E-state index contributed by atoms with van der Waals surface area (Å²) in [7, 11) is 0. The van der Waals surface area contributed by atoms with Gasteiger partial charge in [0.2, 0.25) is 0 Å². The first-order valence-corrected chi connectivity index (χ1v) is 5.99. The van der Waals surface area contributed by atoms with Crippen molar-refractivity contribution < 1.29 is 9.59 Å². The van der Waals surface area contributed by atoms with Gasteiger partial charge in [-0.3, -0.25) is 9.78 Å². The van der Waals surface area contributed by atoms with E-state index >= 15 is 0 Å². The quantitative estimate of drug-likeness (QED) is 0.825. The maximum atomic E-state index is 11.9. The number of benzene rings is 1. The van der Waals surface area contributed by atoms with Crippen molar-refractivity contribution in [3.8, 4) is 0 Å². The van der Waals surface area contributed by atoms with E-state index in [-0.39, 0.29) is 5.91 Å². The van der Waals surface area contributed by atoms with Crippen LogP contribution in [0.25, 0.3) is 0 Å². The van der Waals surface area contributed by atoms with Crippen LogP contribution in [0.5, 0.6) is 0 Å². The molecule has 4 nitrogen and oxygen atoms in total. The Hall–Kier alpha value is -2.49. The van der Waals surface area contributed by atoms with Crippen LogP contribution in [0.2, 0.25) is 0 Å². The molecule has 0 radical (unpaired) electrons. The second-order valence-electron chi connectivity index (χ2n) is 4.15. The van der Waals surface area contributed by atoms with E-state index in [2.05, 4.69) is 10.3 Å². The molecule has 1 atom stereocenters. The molecule has 1 unspecified atom stereocenters. The largest absolute Gasteiger partial charge is 0.342 e. The van der Waals surface area contributed by atoms with Crippen molar-refractivity contribution in [3.63, 3.8) is 0 Å². The number of nitrogens with one attached hydrogen (secondary N) is 1. The van der Waals surface area contributed by atoms with Gasteiger partial charge in [-0.1, -0.05) is 30.3 Å². The summed E-state index contributed by atoms with van der Waals surface area (Å²) >= 11 is 0. The van der Waals surface area contributed by atoms with Gasteiger partial charge in [0.15, 0.2) is 0 Å². The van der Waals surface area contributed by atoms with Crippen molar-refractivity contribution in [3.05, 3.63) is 66.0 Å². The monoisotopic (exact) mass is 254 g/mol. The van der Waals surface area contributed by atoms with Crippen molar-refractivity contribution in [2.24, 2.45) is 0 Å². The number of hydrogen-bond donors (Lipinski definition) is 1. The van der Waals surface area contributed by atoms with Gasteiger partial charge in [-0.25, -0.2) is 0 Å². The Balaban J connectivity index is 2.00. The summed E-state index contributed by atoms with van der Waals surface area (Å²) < 4.78 is 0. The van der Waals surface area contributed by atoms with E-state index in [1.54, 1.807) is 18.3 Å². The molecule has 96 valence electrons. The van der Waals surface area contributed by atoms with Gasteiger partial charge in [0, 0.05) is 12.4 Å². The third-order valence-electron chi connectivity index (χ3n) is 2.70. The second-order valence-corrected chi connectivity index (χ2v) is 4.15. The molecule has 19 heavy (non-hydrogen) atoms. The highest BCUT2D eigenvalue weighted by Gasteiger charge is 2.13. The van der Waals surface area contributed by atoms with Gasteiger partial charge in [-0.05, 0) is 24.1 Å². The molecule has 2 aromatic rings. The van der Waals surface area contributed by atoms with Gasteiger partial charge < -0.3 is 10.1 Å². The highest BCUT2D eigenvalue weighted by molar-refractivity contribution is 5.95. The Morgan fingerprint density at radius 2 is 2.00 bits per heavy atom. The van der Waals surface area contributed by atoms with E-state index < -0.39 is 6.04 Å². The van der Waals surface area contributed by atoms with Crippen LogP contribution in [0, 0.1) is 0 Å². The van der Waals surface area contributed by atoms with Crippen LogP contribution in [0.1, 0.15) is 15.9 Å². The Kier molecular flexibility index (Phi) is 4.39. The lowest BCUT2D eigenvalue weighted by atomic mass is 10.1. The molecular weight excluding hydrogens is 240 g/mol. The smallest absolute Gasteiger partial charge is 0.253 e. The number of rotatable bonds is 5. The molecule has 2 rings (SSSR count). The van der Waals surface area contributed by atoms with E-state index in [0.29, 0.717) is 12.0 Å². The van der Waals surface area contributed by atoms with E-state index in [9.17, 15) is 9.59 Å². The standard InChI is InChI=1S/C15H14N2O2/c18-11-14(9-12-5-2-1-3-6-12)17-15(19)13-7-4-8-16-10-13/h1-8,10-11,14H,9H2,(H,17,19). The summed E-state index contributed by atoms with van der Waals surface area (Å²) in [5, 5.41) is 2.68. The van der Waals surface area contributed by atoms with Gasteiger partial charge >= 0.3 is 0 Å². The van der Waals surface area contributed by atoms with Crippen LogP contribution < -0.4 is 5.32 Å². The summed E-state index contributed by atoms with van der Waals surface area (Å²) in [6.45, 7) is 0. The predicted molar refractivity (Wildman–Crippen MR) is 71.7 cm³/mol. The first-order chi connectivity index (χ1) is 9.29. The number of carbonyl (C=O) groups is 2. The van der Waals surface area contributed by atoms with Crippen LogP contribution in [0.4, 0.5) is 0 Å². The molecule has 0 aliphatic rings. The number of aromatic nitrogens is 1. The molecular formula is C15H14N2O2. The zero-order valence-electron chi connectivity index (χ0n) is 10.3. The Morgan fingerprint density at radius 3 is 2.63 bits per heavy atom. The molecule has 1 amide bonds. The predicted octanol–water partition coefficient (Wildman–Crippen LogP) is 1.62. The fraction of sp³-hybridized carbons (Fsp3) is 0.133. The maximum absolute atomic E-state index is 11.9. The fourth-order valence-electron chi connectivity index (χ4n) is 1.75. The van der Waals surface area contributed by atoms with Crippen LogP contribution in [-0.2, 0) is 11.2 Å². The van der Waals surface area contributed by atoms with Gasteiger partial charge in [0.1, 0.15) is 6.29 Å². The lowest BCUT2D eigenvalue weighted by molar-refractivity contribution is -0.109. The first-order valence-electron chi connectivity index (χ1n) is 5.99. The third-order valence-corrected chi connectivity index (χ3v) is 2.70. The van der Waals surface area contributed by atoms with Gasteiger partial charge in [0.25, 0.3) is 5.91 Å². The average Bonchev–Trinajstić information content (AvgIpc) is 2.48. The summed E-state index contributed by atoms with van der Waals surface area (Å²) in [6, 6.07) is 12.4. The minimum atomic E-state index is -0.532.